The van der Waals surface area contributed by atoms with Gasteiger partial charge in [0, 0.05) is 6.08 Å². The Labute approximate surface area is 115 Å². The van der Waals surface area contributed by atoms with Gasteiger partial charge in [0.2, 0.25) is 0 Å². The number of thioether (sulfide) groups is 1. The fourth-order valence-electron chi connectivity index (χ4n) is 2.24. The van der Waals surface area contributed by atoms with Crippen molar-refractivity contribution in [2.24, 2.45) is 0 Å². The highest BCUT2D eigenvalue weighted by atomic mass is 32.2. The van der Waals surface area contributed by atoms with Crippen molar-refractivity contribution in [3.63, 3.8) is 0 Å². The predicted molar refractivity (Wildman–Crippen MR) is 69.3 cm³/mol. The molecule has 6 nitrogen and oxygen atoms in total. The maximum atomic E-state index is 12.0. The van der Waals surface area contributed by atoms with Crippen LogP contribution in [0.1, 0.15) is 19.3 Å². The molecule has 0 unspecified atom stereocenters. The van der Waals surface area contributed by atoms with Gasteiger partial charge in [0.05, 0.1) is 25.1 Å². The van der Waals surface area contributed by atoms with E-state index in [-0.39, 0.29) is 10.1 Å². The van der Waals surface area contributed by atoms with Crippen LogP contribution in [-0.4, -0.2) is 48.9 Å². The number of quaternary nitrogens is 1. The first kappa shape index (κ1) is 14.1. The van der Waals surface area contributed by atoms with Crippen LogP contribution in [0.4, 0.5) is 4.79 Å². The first-order valence-electron chi connectivity index (χ1n) is 6.28. The van der Waals surface area contributed by atoms with Crippen LogP contribution >= 0.6 is 11.8 Å². The van der Waals surface area contributed by atoms with E-state index in [9.17, 15) is 14.4 Å². The lowest BCUT2D eigenvalue weighted by atomic mass is 10.1. The molecule has 2 aliphatic rings. The summed E-state index contributed by atoms with van der Waals surface area (Å²) >= 11 is 0.798. The lowest BCUT2D eigenvalue weighted by Gasteiger charge is -2.26. The van der Waals surface area contributed by atoms with Gasteiger partial charge in [0.25, 0.3) is 11.1 Å². The quantitative estimate of drug-likeness (QED) is 0.573. The van der Waals surface area contributed by atoms with Crippen molar-refractivity contribution in [1.29, 1.82) is 0 Å². The molecule has 1 N–H and O–H groups in total. The van der Waals surface area contributed by atoms with Gasteiger partial charge < -0.3 is 9.64 Å². The van der Waals surface area contributed by atoms with Crippen LogP contribution in [0, 0.1) is 0 Å². The van der Waals surface area contributed by atoms with E-state index in [4.69, 9.17) is 0 Å². The third kappa shape index (κ3) is 3.36. The normalized spacial score (nSPS) is 23.2. The Morgan fingerprint density at radius 3 is 2.68 bits per heavy atom. The fraction of sp³-hybridized carbons (Fsp3) is 0.583. The largest absolute Gasteiger partial charge is 0.466 e. The molecule has 2 heterocycles. The number of nitrogens with zero attached hydrogens (tertiary/aromatic N) is 1. The molecule has 0 atom stereocenters. The van der Waals surface area contributed by atoms with E-state index < -0.39 is 11.9 Å². The molecule has 0 saturated carbocycles. The SMILES string of the molecule is COC(=O)/C=C1\SC(=O)N(C[NH+]2CCCCC2)C1=O. The van der Waals surface area contributed by atoms with Gasteiger partial charge in [-0.2, -0.15) is 0 Å². The lowest BCUT2D eigenvalue weighted by Crippen LogP contribution is -3.14. The minimum atomic E-state index is -0.615. The highest BCUT2D eigenvalue weighted by molar-refractivity contribution is 8.18. The summed E-state index contributed by atoms with van der Waals surface area (Å²) < 4.78 is 4.47. The van der Waals surface area contributed by atoms with Crippen molar-refractivity contribution in [3.8, 4) is 0 Å². The molecule has 2 fully saturated rings. The fourth-order valence-corrected chi connectivity index (χ4v) is 3.03. The van der Waals surface area contributed by atoms with Gasteiger partial charge in [-0.05, 0) is 31.0 Å². The van der Waals surface area contributed by atoms with E-state index in [1.165, 1.54) is 23.3 Å². The summed E-state index contributed by atoms with van der Waals surface area (Å²) in [6, 6.07) is 0. The number of amides is 2. The molecular weight excluding hydrogens is 268 g/mol. The summed E-state index contributed by atoms with van der Waals surface area (Å²) in [7, 11) is 1.24. The first-order valence-corrected chi connectivity index (χ1v) is 7.10. The Kier molecular flexibility index (Phi) is 4.60. The minimum Gasteiger partial charge on any atom is -0.466 e. The Morgan fingerprint density at radius 1 is 1.37 bits per heavy atom. The number of carbonyl (C=O) groups is 3. The van der Waals surface area contributed by atoms with E-state index in [1.807, 2.05) is 0 Å². The lowest BCUT2D eigenvalue weighted by molar-refractivity contribution is -0.912. The molecule has 0 aliphatic carbocycles. The molecule has 2 saturated heterocycles. The topological polar surface area (TPSA) is 68.1 Å². The van der Waals surface area contributed by atoms with Gasteiger partial charge >= 0.3 is 5.97 Å². The molecule has 104 valence electrons. The van der Waals surface area contributed by atoms with E-state index in [2.05, 4.69) is 4.74 Å². The number of piperidine rings is 1. The molecular formula is C12H17N2O4S+. The average molecular weight is 285 g/mol. The van der Waals surface area contributed by atoms with Gasteiger partial charge in [-0.1, -0.05) is 0 Å². The molecule has 2 aliphatic heterocycles. The third-order valence-corrected chi connectivity index (χ3v) is 4.17. The Balaban J connectivity index is 2.01. The van der Waals surface area contributed by atoms with Crippen LogP contribution in [0.15, 0.2) is 11.0 Å². The molecule has 2 rings (SSSR count). The van der Waals surface area contributed by atoms with Crippen LogP contribution in [0.3, 0.4) is 0 Å². The van der Waals surface area contributed by atoms with E-state index in [0.29, 0.717) is 6.67 Å². The van der Waals surface area contributed by atoms with Gasteiger partial charge in [0.1, 0.15) is 0 Å². The van der Waals surface area contributed by atoms with Crippen molar-refractivity contribution < 1.29 is 24.0 Å². The summed E-state index contributed by atoms with van der Waals surface area (Å²) in [5.41, 5.74) is 0. The summed E-state index contributed by atoms with van der Waals surface area (Å²) in [5.74, 6) is -1.01. The van der Waals surface area contributed by atoms with Crippen LogP contribution in [0.25, 0.3) is 0 Å². The molecule has 0 aromatic carbocycles. The number of likely N-dealkylation sites (tertiary alicyclic amines) is 1. The number of rotatable bonds is 3. The number of esters is 1. The highest BCUT2D eigenvalue weighted by Crippen LogP contribution is 2.29. The van der Waals surface area contributed by atoms with Crippen molar-refractivity contribution in [2.45, 2.75) is 19.3 Å². The smallest absolute Gasteiger partial charge is 0.331 e. The first-order chi connectivity index (χ1) is 9.11. The molecule has 7 heteroatoms. The van der Waals surface area contributed by atoms with Gasteiger partial charge in [-0.3, -0.25) is 9.59 Å². The second-order valence-corrected chi connectivity index (χ2v) is 5.59. The van der Waals surface area contributed by atoms with Crippen LogP contribution < -0.4 is 4.90 Å². The number of imide groups is 1. The molecule has 0 aromatic rings. The number of methoxy groups -OCH3 is 1. The monoisotopic (exact) mass is 285 g/mol. The van der Waals surface area contributed by atoms with Gasteiger partial charge in [0.15, 0.2) is 6.67 Å². The molecule has 0 radical (unpaired) electrons. The zero-order valence-corrected chi connectivity index (χ0v) is 11.6. The maximum Gasteiger partial charge on any atom is 0.331 e. The molecule has 0 bridgehead atoms. The Hall–Kier alpha value is -1.34. The molecule has 0 aromatic heterocycles. The number of carbonyl (C=O) groups excluding carboxylic acids is 3. The highest BCUT2D eigenvalue weighted by Gasteiger charge is 2.38. The number of ether oxygens (including phenoxy) is 1. The second-order valence-electron chi connectivity index (χ2n) is 4.60. The van der Waals surface area contributed by atoms with Crippen molar-refractivity contribution >= 4 is 28.9 Å². The molecule has 19 heavy (non-hydrogen) atoms. The van der Waals surface area contributed by atoms with E-state index >= 15 is 0 Å². The molecule has 2 amide bonds. The number of hydrogen-bond donors (Lipinski definition) is 1. The number of nitrogens with one attached hydrogen (secondary N) is 1. The second kappa shape index (κ2) is 6.21. The standard InChI is InChI=1S/C12H16N2O4S/c1-18-10(15)7-9-11(16)14(12(17)19-9)8-13-5-3-2-4-6-13/h7H,2-6,8H2,1H3/p+1/b9-7-. The van der Waals surface area contributed by atoms with Crippen LogP contribution in [0.2, 0.25) is 0 Å². The zero-order chi connectivity index (χ0) is 13.8. The summed E-state index contributed by atoms with van der Waals surface area (Å²) in [4.78, 5) is 37.6. The Bertz CT molecular complexity index is 429. The van der Waals surface area contributed by atoms with Gasteiger partial charge in [-0.15, -0.1) is 0 Å². The minimum absolute atomic E-state index is 0.147. The molecule has 0 spiro atoms. The Morgan fingerprint density at radius 2 is 2.05 bits per heavy atom. The summed E-state index contributed by atoms with van der Waals surface area (Å²) in [5, 5.41) is -0.307. The summed E-state index contributed by atoms with van der Waals surface area (Å²) in [6.45, 7) is 2.36. The number of hydrogen-bond acceptors (Lipinski definition) is 5. The summed E-state index contributed by atoms with van der Waals surface area (Å²) in [6.07, 6.45) is 4.55. The van der Waals surface area contributed by atoms with E-state index in [0.717, 1.165) is 43.8 Å². The van der Waals surface area contributed by atoms with Crippen LogP contribution in [-0.2, 0) is 14.3 Å². The van der Waals surface area contributed by atoms with Crippen molar-refractivity contribution in [3.05, 3.63) is 11.0 Å². The van der Waals surface area contributed by atoms with E-state index in [1.54, 1.807) is 0 Å². The third-order valence-electron chi connectivity index (χ3n) is 3.27. The zero-order valence-electron chi connectivity index (χ0n) is 10.8. The van der Waals surface area contributed by atoms with Crippen molar-refractivity contribution in [1.82, 2.24) is 4.90 Å². The van der Waals surface area contributed by atoms with Gasteiger partial charge in [-0.25, -0.2) is 9.69 Å². The predicted octanol–water partition coefficient (Wildman–Crippen LogP) is -0.235. The van der Waals surface area contributed by atoms with Crippen LogP contribution in [0.5, 0.6) is 0 Å². The average Bonchev–Trinajstić information content (AvgIpc) is 2.67. The maximum absolute atomic E-state index is 12.0. The van der Waals surface area contributed by atoms with Crippen molar-refractivity contribution in [2.75, 3.05) is 26.9 Å².